The van der Waals surface area contributed by atoms with Gasteiger partial charge in [0, 0.05) is 37.7 Å². The Balaban J connectivity index is 1.91. The van der Waals surface area contributed by atoms with Gasteiger partial charge in [-0.15, -0.1) is 0 Å². The standard InChI is InChI=1S/C19H21F3N4O/c1-4-25(3)17-15-11-26(9-8-16(15)23-12(2)24-17)18(27)13-6-5-7-14(10-13)19(20,21)22/h5-7,10H,4,8-9,11H2,1-3H3. The van der Waals surface area contributed by atoms with Crippen molar-refractivity contribution in [3.63, 3.8) is 0 Å². The third kappa shape index (κ3) is 3.89. The predicted molar refractivity (Wildman–Crippen MR) is 95.6 cm³/mol. The molecule has 27 heavy (non-hydrogen) atoms. The first-order chi connectivity index (χ1) is 12.7. The van der Waals surface area contributed by atoms with E-state index >= 15 is 0 Å². The van der Waals surface area contributed by atoms with Crippen LogP contribution < -0.4 is 4.90 Å². The number of hydrogen-bond acceptors (Lipinski definition) is 4. The summed E-state index contributed by atoms with van der Waals surface area (Å²) in [6.07, 6.45) is -3.93. The molecule has 0 unspecified atom stereocenters. The van der Waals surface area contributed by atoms with Crippen LogP contribution in [0.25, 0.3) is 0 Å². The van der Waals surface area contributed by atoms with Gasteiger partial charge in [-0.1, -0.05) is 6.07 Å². The molecule has 8 heteroatoms. The monoisotopic (exact) mass is 378 g/mol. The molecule has 0 saturated carbocycles. The Morgan fingerprint density at radius 3 is 2.70 bits per heavy atom. The number of fused-ring (bicyclic) bond motifs is 1. The first kappa shape index (κ1) is 19.1. The van der Waals surface area contributed by atoms with Crippen molar-refractivity contribution in [2.75, 3.05) is 25.0 Å². The summed E-state index contributed by atoms with van der Waals surface area (Å²) in [5.41, 5.74) is 0.963. The van der Waals surface area contributed by atoms with E-state index in [1.807, 2.05) is 25.8 Å². The van der Waals surface area contributed by atoms with Crippen LogP contribution in [-0.2, 0) is 19.1 Å². The maximum absolute atomic E-state index is 12.9. The summed E-state index contributed by atoms with van der Waals surface area (Å²) in [4.78, 5) is 25.3. The van der Waals surface area contributed by atoms with Crippen molar-refractivity contribution >= 4 is 11.7 Å². The van der Waals surface area contributed by atoms with Crippen LogP contribution in [0.1, 0.15) is 39.9 Å². The fourth-order valence-corrected chi connectivity index (χ4v) is 3.17. The normalized spacial score (nSPS) is 14.1. The largest absolute Gasteiger partial charge is 0.416 e. The van der Waals surface area contributed by atoms with Crippen molar-refractivity contribution in [1.82, 2.24) is 14.9 Å². The predicted octanol–water partition coefficient (Wildman–Crippen LogP) is 3.46. The average molecular weight is 378 g/mol. The molecule has 2 aromatic rings. The fraction of sp³-hybridized carbons (Fsp3) is 0.421. The van der Waals surface area contributed by atoms with Crippen LogP contribution >= 0.6 is 0 Å². The molecule has 5 nitrogen and oxygen atoms in total. The maximum atomic E-state index is 12.9. The van der Waals surface area contributed by atoms with Crippen molar-refractivity contribution in [2.24, 2.45) is 0 Å². The maximum Gasteiger partial charge on any atom is 0.416 e. The van der Waals surface area contributed by atoms with Crippen LogP contribution in [0.15, 0.2) is 24.3 Å². The summed E-state index contributed by atoms with van der Waals surface area (Å²) in [5, 5.41) is 0. The molecule has 0 radical (unpaired) electrons. The zero-order chi connectivity index (χ0) is 19.8. The van der Waals surface area contributed by atoms with E-state index < -0.39 is 17.6 Å². The molecule has 0 bridgehead atoms. The van der Waals surface area contributed by atoms with Crippen LogP contribution in [0, 0.1) is 6.92 Å². The van der Waals surface area contributed by atoms with E-state index in [1.54, 1.807) is 4.90 Å². The van der Waals surface area contributed by atoms with Crippen LogP contribution in [0.3, 0.4) is 0 Å². The number of hydrogen-bond donors (Lipinski definition) is 0. The number of carbonyl (C=O) groups excluding carboxylic acids is 1. The summed E-state index contributed by atoms with van der Waals surface area (Å²) in [6.45, 7) is 5.26. The van der Waals surface area contributed by atoms with E-state index in [1.165, 1.54) is 12.1 Å². The van der Waals surface area contributed by atoms with Crippen molar-refractivity contribution in [1.29, 1.82) is 0 Å². The van der Waals surface area contributed by atoms with E-state index in [4.69, 9.17) is 0 Å². The SMILES string of the molecule is CCN(C)c1nc(C)nc2c1CN(C(=O)c1cccc(C(F)(F)F)c1)CC2. The van der Waals surface area contributed by atoms with Gasteiger partial charge in [0.1, 0.15) is 11.6 Å². The van der Waals surface area contributed by atoms with Gasteiger partial charge in [0.25, 0.3) is 5.91 Å². The number of anilines is 1. The van der Waals surface area contributed by atoms with Gasteiger partial charge in [-0.2, -0.15) is 13.2 Å². The molecule has 3 rings (SSSR count). The van der Waals surface area contributed by atoms with Crippen LogP contribution in [0.2, 0.25) is 0 Å². The summed E-state index contributed by atoms with van der Waals surface area (Å²) in [7, 11) is 1.91. The summed E-state index contributed by atoms with van der Waals surface area (Å²) in [5.74, 6) is 1.01. The average Bonchev–Trinajstić information content (AvgIpc) is 2.65. The molecule has 0 N–H and O–H groups in total. The number of aryl methyl sites for hydroxylation is 1. The lowest BCUT2D eigenvalue weighted by atomic mass is 10.0. The molecule has 0 aliphatic carbocycles. The number of aromatic nitrogens is 2. The molecule has 1 aromatic carbocycles. The number of halogens is 3. The zero-order valence-corrected chi connectivity index (χ0v) is 15.5. The number of rotatable bonds is 3. The second-order valence-electron chi connectivity index (χ2n) is 6.59. The molecule has 1 amide bonds. The van der Waals surface area contributed by atoms with Crippen LogP contribution in [-0.4, -0.2) is 40.9 Å². The molecule has 1 aromatic heterocycles. The van der Waals surface area contributed by atoms with Crippen molar-refractivity contribution in [3.8, 4) is 0 Å². The highest BCUT2D eigenvalue weighted by molar-refractivity contribution is 5.94. The van der Waals surface area contributed by atoms with Crippen molar-refractivity contribution < 1.29 is 18.0 Å². The van der Waals surface area contributed by atoms with E-state index in [-0.39, 0.29) is 12.1 Å². The van der Waals surface area contributed by atoms with Gasteiger partial charge < -0.3 is 9.80 Å². The molecule has 2 heterocycles. The Bertz CT molecular complexity index is 867. The second kappa shape index (κ2) is 7.17. The highest BCUT2D eigenvalue weighted by Gasteiger charge is 2.32. The third-order valence-corrected chi connectivity index (χ3v) is 4.71. The Kier molecular flexibility index (Phi) is 5.08. The molecule has 0 spiro atoms. The van der Waals surface area contributed by atoms with Crippen LogP contribution in [0.4, 0.5) is 19.0 Å². The minimum Gasteiger partial charge on any atom is -0.360 e. The zero-order valence-electron chi connectivity index (χ0n) is 15.5. The van der Waals surface area contributed by atoms with Gasteiger partial charge >= 0.3 is 6.18 Å². The van der Waals surface area contributed by atoms with E-state index in [0.29, 0.717) is 18.8 Å². The lowest BCUT2D eigenvalue weighted by Crippen LogP contribution is -2.38. The molecule has 1 aliphatic rings. The number of benzene rings is 1. The van der Waals surface area contributed by atoms with Gasteiger partial charge in [-0.25, -0.2) is 9.97 Å². The molecule has 144 valence electrons. The summed E-state index contributed by atoms with van der Waals surface area (Å²) in [6, 6.07) is 4.55. The first-order valence-corrected chi connectivity index (χ1v) is 8.74. The minimum atomic E-state index is -4.48. The molecule has 1 aliphatic heterocycles. The summed E-state index contributed by atoms with van der Waals surface area (Å²) < 4.78 is 38.8. The molecule has 0 fully saturated rings. The topological polar surface area (TPSA) is 49.3 Å². The first-order valence-electron chi connectivity index (χ1n) is 8.74. The van der Waals surface area contributed by atoms with Gasteiger partial charge in [0.2, 0.25) is 0 Å². The van der Waals surface area contributed by atoms with E-state index in [9.17, 15) is 18.0 Å². The Morgan fingerprint density at radius 1 is 1.30 bits per heavy atom. The quantitative estimate of drug-likeness (QED) is 0.821. The van der Waals surface area contributed by atoms with Crippen LogP contribution in [0.5, 0.6) is 0 Å². The molecular formula is C19H21F3N4O. The van der Waals surface area contributed by atoms with Gasteiger partial charge in [-0.3, -0.25) is 4.79 Å². The molecular weight excluding hydrogens is 357 g/mol. The number of nitrogens with zero attached hydrogens (tertiary/aromatic N) is 4. The van der Waals surface area contributed by atoms with Gasteiger partial charge in [0.15, 0.2) is 0 Å². The Morgan fingerprint density at radius 2 is 2.04 bits per heavy atom. The van der Waals surface area contributed by atoms with Crippen molar-refractivity contribution in [3.05, 3.63) is 52.5 Å². The Labute approximate surface area is 155 Å². The van der Waals surface area contributed by atoms with Gasteiger partial charge in [0.05, 0.1) is 17.8 Å². The molecule has 0 saturated heterocycles. The van der Waals surface area contributed by atoms with Crippen molar-refractivity contribution in [2.45, 2.75) is 33.0 Å². The van der Waals surface area contributed by atoms with E-state index in [2.05, 4.69) is 9.97 Å². The lowest BCUT2D eigenvalue weighted by Gasteiger charge is -2.31. The van der Waals surface area contributed by atoms with Gasteiger partial charge in [-0.05, 0) is 32.0 Å². The number of amides is 1. The highest BCUT2D eigenvalue weighted by atomic mass is 19.4. The summed E-state index contributed by atoms with van der Waals surface area (Å²) >= 11 is 0. The minimum absolute atomic E-state index is 0.0340. The highest BCUT2D eigenvalue weighted by Crippen LogP contribution is 2.31. The Hall–Kier alpha value is -2.64. The second-order valence-corrected chi connectivity index (χ2v) is 6.59. The fourth-order valence-electron chi connectivity index (χ4n) is 3.17. The molecule has 0 atom stereocenters. The number of carbonyl (C=O) groups is 1. The van der Waals surface area contributed by atoms with E-state index in [0.717, 1.165) is 35.8 Å². The smallest absolute Gasteiger partial charge is 0.360 e. The number of alkyl halides is 3. The third-order valence-electron chi connectivity index (χ3n) is 4.71. The lowest BCUT2D eigenvalue weighted by molar-refractivity contribution is -0.137.